The van der Waals surface area contributed by atoms with Crippen LogP contribution in [0.5, 0.6) is 0 Å². The highest BCUT2D eigenvalue weighted by atomic mass is 79.9. The van der Waals surface area contributed by atoms with Crippen LogP contribution in [0.3, 0.4) is 0 Å². The lowest BCUT2D eigenvalue weighted by atomic mass is 10.2. The Morgan fingerprint density at radius 3 is 3.00 bits per heavy atom. The predicted molar refractivity (Wildman–Crippen MR) is 71.9 cm³/mol. The number of hydrogen-bond acceptors (Lipinski definition) is 2. The Kier molecular flexibility index (Phi) is 5.98. The molecule has 1 aromatic rings. The Bertz CT molecular complexity index is 358. The molecule has 0 aliphatic rings. The second kappa shape index (κ2) is 7.01. The summed E-state index contributed by atoms with van der Waals surface area (Å²) in [7, 11) is 0. The molecule has 16 heavy (non-hydrogen) atoms. The van der Waals surface area contributed by atoms with Gasteiger partial charge in [0.2, 0.25) is 0 Å². The van der Waals surface area contributed by atoms with Crippen LogP contribution in [0.1, 0.15) is 30.3 Å². The maximum atomic E-state index is 11.7. The zero-order chi connectivity index (χ0) is 12.0. The summed E-state index contributed by atoms with van der Waals surface area (Å²) in [4.78, 5) is 16.1. The molecule has 1 aromatic heterocycles. The minimum absolute atomic E-state index is 0.145. The van der Waals surface area contributed by atoms with E-state index < -0.39 is 0 Å². The summed E-state index contributed by atoms with van der Waals surface area (Å²) < 4.78 is 0.717. The number of nitrogens with one attached hydrogen (secondary N) is 1. The topological polar surface area (TPSA) is 42.0 Å². The Morgan fingerprint density at radius 1 is 1.62 bits per heavy atom. The number of rotatable bonds is 5. The van der Waals surface area contributed by atoms with Crippen LogP contribution in [0.25, 0.3) is 0 Å². The van der Waals surface area contributed by atoms with Crippen molar-refractivity contribution in [2.75, 3.05) is 6.54 Å². The van der Waals surface area contributed by atoms with Gasteiger partial charge in [0.05, 0.1) is 0 Å². The second-order valence-electron chi connectivity index (χ2n) is 3.43. The molecule has 0 spiro atoms. The van der Waals surface area contributed by atoms with Crippen LogP contribution >= 0.6 is 31.9 Å². The SMILES string of the molecule is CCCC(Br)CNC(=O)c1ncccc1Br. The number of carbonyl (C=O) groups excluding carboxylic acids is 1. The summed E-state index contributed by atoms with van der Waals surface area (Å²) in [6, 6.07) is 3.59. The van der Waals surface area contributed by atoms with Crippen LogP contribution in [0.15, 0.2) is 22.8 Å². The molecule has 1 atom stereocenters. The lowest BCUT2D eigenvalue weighted by Crippen LogP contribution is -2.30. The summed E-state index contributed by atoms with van der Waals surface area (Å²) in [5.41, 5.74) is 0.429. The van der Waals surface area contributed by atoms with E-state index in [1.807, 2.05) is 0 Å². The van der Waals surface area contributed by atoms with Gasteiger partial charge in [-0.15, -0.1) is 0 Å². The fourth-order valence-corrected chi connectivity index (χ4v) is 2.31. The van der Waals surface area contributed by atoms with Crippen molar-refractivity contribution in [1.82, 2.24) is 10.3 Å². The first-order chi connectivity index (χ1) is 7.65. The third kappa shape index (κ3) is 4.22. The molecule has 1 heterocycles. The lowest BCUT2D eigenvalue weighted by molar-refractivity contribution is 0.0948. The fourth-order valence-electron chi connectivity index (χ4n) is 1.26. The van der Waals surface area contributed by atoms with Crippen LogP contribution in [0.2, 0.25) is 0 Å². The summed E-state index contributed by atoms with van der Waals surface area (Å²) >= 11 is 6.81. The second-order valence-corrected chi connectivity index (χ2v) is 5.58. The number of pyridine rings is 1. The van der Waals surface area contributed by atoms with Gasteiger partial charge in [-0.05, 0) is 34.5 Å². The molecule has 88 valence electrons. The molecule has 0 bridgehead atoms. The van der Waals surface area contributed by atoms with Crippen LogP contribution in [0.4, 0.5) is 0 Å². The van der Waals surface area contributed by atoms with Crippen LogP contribution in [0, 0.1) is 0 Å². The number of hydrogen-bond donors (Lipinski definition) is 1. The van der Waals surface area contributed by atoms with E-state index in [2.05, 4.69) is 49.1 Å². The van der Waals surface area contributed by atoms with Crippen molar-refractivity contribution in [2.24, 2.45) is 0 Å². The molecule has 3 nitrogen and oxygen atoms in total. The van der Waals surface area contributed by atoms with Gasteiger partial charge in [-0.2, -0.15) is 0 Å². The number of carbonyl (C=O) groups is 1. The van der Waals surface area contributed by atoms with Crippen molar-refractivity contribution >= 4 is 37.8 Å². The summed E-state index contributed by atoms with van der Waals surface area (Å²) in [6.45, 7) is 2.74. The molecular formula is C11H14Br2N2O. The molecule has 5 heteroatoms. The van der Waals surface area contributed by atoms with E-state index in [1.165, 1.54) is 0 Å². The molecule has 1 rings (SSSR count). The van der Waals surface area contributed by atoms with E-state index in [1.54, 1.807) is 18.3 Å². The smallest absolute Gasteiger partial charge is 0.271 e. The Balaban J connectivity index is 2.50. The largest absolute Gasteiger partial charge is 0.350 e. The van der Waals surface area contributed by atoms with Gasteiger partial charge in [0.15, 0.2) is 0 Å². The molecule has 1 N–H and O–H groups in total. The van der Waals surface area contributed by atoms with Crippen molar-refractivity contribution in [3.63, 3.8) is 0 Å². The summed E-state index contributed by atoms with van der Waals surface area (Å²) in [5.74, 6) is -0.145. The standard InChI is InChI=1S/C11H14Br2N2O/c1-2-4-8(12)7-15-11(16)10-9(13)5-3-6-14-10/h3,5-6,8H,2,4,7H2,1H3,(H,15,16). The van der Waals surface area contributed by atoms with E-state index in [0.29, 0.717) is 21.5 Å². The molecule has 0 fully saturated rings. The minimum atomic E-state index is -0.145. The van der Waals surface area contributed by atoms with E-state index in [-0.39, 0.29) is 5.91 Å². The van der Waals surface area contributed by atoms with E-state index >= 15 is 0 Å². The quantitative estimate of drug-likeness (QED) is 0.830. The first-order valence-corrected chi connectivity index (χ1v) is 6.88. The zero-order valence-electron chi connectivity index (χ0n) is 9.04. The highest BCUT2D eigenvalue weighted by Crippen LogP contribution is 2.13. The van der Waals surface area contributed by atoms with Crippen molar-refractivity contribution in [3.8, 4) is 0 Å². The lowest BCUT2D eigenvalue weighted by Gasteiger charge is -2.10. The molecular weight excluding hydrogens is 336 g/mol. The van der Waals surface area contributed by atoms with Crippen LogP contribution < -0.4 is 5.32 Å². The fraction of sp³-hybridized carbons (Fsp3) is 0.455. The number of nitrogens with zero attached hydrogens (tertiary/aromatic N) is 1. The molecule has 0 saturated carbocycles. The van der Waals surface area contributed by atoms with Gasteiger partial charge in [0.25, 0.3) is 5.91 Å². The average Bonchev–Trinajstić information content (AvgIpc) is 2.27. The van der Waals surface area contributed by atoms with Crippen LogP contribution in [-0.2, 0) is 0 Å². The normalized spacial score (nSPS) is 12.2. The van der Waals surface area contributed by atoms with Crippen LogP contribution in [-0.4, -0.2) is 22.3 Å². The van der Waals surface area contributed by atoms with E-state index in [9.17, 15) is 4.79 Å². The maximum Gasteiger partial charge on any atom is 0.271 e. The first-order valence-electron chi connectivity index (χ1n) is 5.18. The minimum Gasteiger partial charge on any atom is -0.350 e. The summed E-state index contributed by atoms with van der Waals surface area (Å²) in [5, 5.41) is 2.85. The molecule has 0 aliphatic heterocycles. The van der Waals surface area contributed by atoms with E-state index in [4.69, 9.17) is 0 Å². The number of alkyl halides is 1. The zero-order valence-corrected chi connectivity index (χ0v) is 12.2. The number of amides is 1. The Labute approximate surface area is 112 Å². The third-order valence-electron chi connectivity index (χ3n) is 2.06. The van der Waals surface area contributed by atoms with Crippen molar-refractivity contribution < 1.29 is 4.79 Å². The van der Waals surface area contributed by atoms with Gasteiger partial charge in [0.1, 0.15) is 5.69 Å². The molecule has 0 radical (unpaired) electrons. The predicted octanol–water partition coefficient (Wildman–Crippen LogP) is 3.14. The van der Waals surface area contributed by atoms with Crippen molar-refractivity contribution in [3.05, 3.63) is 28.5 Å². The van der Waals surface area contributed by atoms with Gasteiger partial charge in [-0.1, -0.05) is 29.3 Å². The molecule has 0 aromatic carbocycles. The third-order valence-corrected chi connectivity index (χ3v) is 3.48. The molecule has 0 saturated heterocycles. The molecule has 0 aliphatic carbocycles. The monoisotopic (exact) mass is 348 g/mol. The van der Waals surface area contributed by atoms with Gasteiger partial charge in [-0.3, -0.25) is 4.79 Å². The highest BCUT2D eigenvalue weighted by molar-refractivity contribution is 9.10. The van der Waals surface area contributed by atoms with Gasteiger partial charge in [0, 0.05) is 22.0 Å². The van der Waals surface area contributed by atoms with E-state index in [0.717, 1.165) is 12.8 Å². The van der Waals surface area contributed by atoms with Gasteiger partial charge >= 0.3 is 0 Å². The molecule has 1 amide bonds. The average molecular weight is 350 g/mol. The Morgan fingerprint density at radius 2 is 2.38 bits per heavy atom. The van der Waals surface area contributed by atoms with Crippen molar-refractivity contribution in [1.29, 1.82) is 0 Å². The maximum absolute atomic E-state index is 11.7. The molecule has 1 unspecified atom stereocenters. The number of aromatic nitrogens is 1. The first kappa shape index (κ1) is 13.6. The Hall–Kier alpha value is -0.420. The number of halogens is 2. The van der Waals surface area contributed by atoms with Gasteiger partial charge < -0.3 is 5.32 Å². The summed E-state index contributed by atoms with van der Waals surface area (Å²) in [6.07, 6.45) is 3.75. The van der Waals surface area contributed by atoms with Crippen molar-refractivity contribution in [2.45, 2.75) is 24.6 Å². The van der Waals surface area contributed by atoms with Gasteiger partial charge in [-0.25, -0.2) is 4.98 Å². The highest BCUT2D eigenvalue weighted by Gasteiger charge is 2.12.